The monoisotopic (exact) mass is 711 g/mol. The lowest BCUT2D eigenvalue weighted by atomic mass is 9.59. The highest BCUT2D eigenvalue weighted by Crippen LogP contribution is 2.57. The molecular weight excluding hydrogens is 690 g/mol. The number of carboxylic acids is 1. The third-order valence-electron chi connectivity index (χ3n) is 8.74. The first-order valence-corrected chi connectivity index (χ1v) is 14.8. The van der Waals surface area contributed by atoms with Crippen molar-refractivity contribution in [3.8, 4) is 17.2 Å². The molecule has 1 fully saturated rings. The van der Waals surface area contributed by atoms with E-state index in [0.717, 1.165) is 17.0 Å². The first-order valence-electron chi connectivity index (χ1n) is 13.3. The van der Waals surface area contributed by atoms with Crippen molar-refractivity contribution in [2.24, 2.45) is 17.8 Å². The van der Waals surface area contributed by atoms with Gasteiger partial charge in [-0.05, 0) is 87.4 Å². The predicted molar refractivity (Wildman–Crippen MR) is 159 cm³/mol. The van der Waals surface area contributed by atoms with E-state index in [-0.39, 0.29) is 68.4 Å². The Morgan fingerprint density at radius 2 is 1.74 bits per heavy atom. The fourth-order valence-corrected chi connectivity index (χ4v) is 7.76. The largest absolute Gasteiger partial charge is 0.507 e. The molecule has 0 bridgehead atoms. The molecule has 1 heterocycles. The van der Waals surface area contributed by atoms with Gasteiger partial charge in [0.05, 0.1) is 29.1 Å². The maximum Gasteiger partial charge on any atom is 0.339 e. The van der Waals surface area contributed by atoms with E-state index in [4.69, 9.17) is 4.74 Å². The van der Waals surface area contributed by atoms with E-state index in [9.17, 15) is 39.3 Å². The first kappa shape index (κ1) is 29.1. The first-order chi connectivity index (χ1) is 20.4. The Balaban J connectivity index is 1.50. The van der Waals surface area contributed by atoms with Crippen molar-refractivity contribution in [1.82, 2.24) is 0 Å². The molecule has 3 aliphatic carbocycles. The summed E-state index contributed by atoms with van der Waals surface area (Å²) in [5, 5.41) is 30.1. The fraction of sp³-hybridized carbons (Fsp3) is 0.258. The molecule has 10 nitrogen and oxygen atoms in total. The summed E-state index contributed by atoms with van der Waals surface area (Å²) in [5.74, 6) is -6.71. The number of carboxylic acid groups (broad SMARTS) is 1. The molecule has 0 spiro atoms. The minimum Gasteiger partial charge on any atom is -0.507 e. The van der Waals surface area contributed by atoms with Gasteiger partial charge in [0.2, 0.25) is 11.8 Å². The van der Waals surface area contributed by atoms with E-state index in [1.807, 2.05) is 6.08 Å². The summed E-state index contributed by atoms with van der Waals surface area (Å²) >= 11 is 6.91. The smallest absolute Gasteiger partial charge is 0.339 e. The molecule has 4 aliphatic rings. The molecule has 2 aromatic rings. The van der Waals surface area contributed by atoms with E-state index in [1.165, 1.54) is 19.3 Å². The number of carbonyl (C=O) groups is 5. The Labute approximate surface area is 261 Å². The van der Waals surface area contributed by atoms with Crippen molar-refractivity contribution in [2.75, 3.05) is 12.0 Å². The molecule has 4 atom stereocenters. The van der Waals surface area contributed by atoms with Crippen LogP contribution in [-0.4, -0.2) is 51.8 Å². The number of rotatable bonds is 4. The van der Waals surface area contributed by atoms with Crippen molar-refractivity contribution in [3.05, 3.63) is 78.8 Å². The van der Waals surface area contributed by atoms with Crippen molar-refractivity contribution < 1.29 is 44.0 Å². The number of hydrogen-bond acceptors (Lipinski definition) is 8. The van der Waals surface area contributed by atoms with E-state index >= 15 is 0 Å². The number of phenols is 2. The number of Topliss-reactive ketones (excluding diaryl/α,β-unsaturated/α-hetero) is 1. The second-order valence-corrected chi connectivity index (χ2v) is 12.5. The van der Waals surface area contributed by atoms with Gasteiger partial charge in [-0.15, -0.1) is 0 Å². The van der Waals surface area contributed by atoms with Crippen LogP contribution >= 0.6 is 31.9 Å². The van der Waals surface area contributed by atoms with Crippen LogP contribution in [0.5, 0.6) is 17.2 Å². The van der Waals surface area contributed by atoms with Gasteiger partial charge in [0, 0.05) is 33.2 Å². The van der Waals surface area contributed by atoms with Crippen molar-refractivity contribution in [1.29, 1.82) is 0 Å². The third kappa shape index (κ3) is 4.21. The zero-order valence-corrected chi connectivity index (χ0v) is 25.9. The summed E-state index contributed by atoms with van der Waals surface area (Å²) < 4.78 is 6.10. The van der Waals surface area contributed by atoms with Gasteiger partial charge in [-0.3, -0.25) is 19.2 Å². The number of benzene rings is 2. The normalized spacial score (nSPS) is 24.8. The van der Waals surface area contributed by atoms with Crippen molar-refractivity contribution >= 4 is 66.9 Å². The van der Waals surface area contributed by atoms with Gasteiger partial charge >= 0.3 is 5.97 Å². The summed E-state index contributed by atoms with van der Waals surface area (Å²) in [7, 11) is 1.39. The topological polar surface area (TPSA) is 159 Å². The van der Waals surface area contributed by atoms with Crippen LogP contribution in [0.3, 0.4) is 0 Å². The number of carbonyl (C=O) groups excluding carboxylic acids is 4. The summed E-state index contributed by atoms with van der Waals surface area (Å²) in [6.45, 7) is 1.56. The Morgan fingerprint density at radius 1 is 1.02 bits per heavy atom. The molecule has 0 aromatic heterocycles. The average molecular weight is 713 g/mol. The number of aromatic hydroxyl groups is 2. The Hall–Kier alpha value is -4.03. The molecule has 220 valence electrons. The number of aromatic carboxylic acids is 1. The number of fused-ring (bicyclic) bond motifs is 3. The lowest BCUT2D eigenvalue weighted by molar-refractivity contribution is -0.123. The molecule has 2 aromatic carbocycles. The highest BCUT2D eigenvalue weighted by atomic mass is 79.9. The van der Waals surface area contributed by atoms with Crippen LogP contribution in [0, 0.1) is 17.8 Å². The lowest BCUT2D eigenvalue weighted by Gasteiger charge is -2.42. The average Bonchev–Trinajstić information content (AvgIpc) is 3.23. The minimum absolute atomic E-state index is 0.0401. The number of nitrogens with zero attached hydrogens (tertiary/aromatic N) is 1. The van der Waals surface area contributed by atoms with Gasteiger partial charge < -0.3 is 20.1 Å². The SMILES string of the molecule is COc1cc(C2C3=CCC4C(=O)N(c5ccc(C(=O)O)c(O)c5)C(=O)C4C3CC3=C2C(=O)C=C(C)C3=O)c(Br)c(Br)c1O. The van der Waals surface area contributed by atoms with Gasteiger partial charge in [0.1, 0.15) is 11.3 Å². The molecule has 43 heavy (non-hydrogen) atoms. The number of anilines is 1. The second-order valence-electron chi connectivity index (χ2n) is 10.9. The Bertz CT molecular complexity index is 1800. The minimum atomic E-state index is -1.36. The van der Waals surface area contributed by atoms with Gasteiger partial charge in [-0.25, -0.2) is 9.69 Å². The van der Waals surface area contributed by atoms with Gasteiger partial charge in [0.25, 0.3) is 0 Å². The molecule has 2 amide bonds. The summed E-state index contributed by atoms with van der Waals surface area (Å²) in [6.07, 6.45) is 3.41. The molecule has 0 radical (unpaired) electrons. The quantitative estimate of drug-likeness (QED) is 0.226. The highest BCUT2D eigenvalue weighted by Gasteiger charge is 2.57. The summed E-state index contributed by atoms with van der Waals surface area (Å²) in [5.41, 5.74) is 1.72. The molecule has 4 unspecified atom stereocenters. The number of phenolic OH excluding ortho intramolecular Hbond substituents is 1. The van der Waals surface area contributed by atoms with Crippen LogP contribution in [-0.2, 0) is 19.2 Å². The van der Waals surface area contributed by atoms with Gasteiger partial charge in [-0.1, -0.05) is 11.6 Å². The molecule has 1 saturated heterocycles. The molecule has 6 rings (SSSR count). The van der Waals surface area contributed by atoms with Crippen LogP contribution in [0.25, 0.3) is 0 Å². The number of ketones is 2. The highest BCUT2D eigenvalue weighted by molar-refractivity contribution is 9.13. The molecule has 1 aliphatic heterocycles. The van der Waals surface area contributed by atoms with E-state index in [0.29, 0.717) is 15.6 Å². The van der Waals surface area contributed by atoms with Crippen LogP contribution in [0.15, 0.2) is 67.7 Å². The lowest BCUT2D eigenvalue weighted by Crippen LogP contribution is -2.40. The number of hydrogen-bond donors (Lipinski definition) is 3. The van der Waals surface area contributed by atoms with Crippen LogP contribution < -0.4 is 9.64 Å². The number of allylic oxidation sites excluding steroid dienone is 6. The Morgan fingerprint density at radius 3 is 2.40 bits per heavy atom. The number of methoxy groups -OCH3 is 1. The molecule has 12 heteroatoms. The zero-order valence-electron chi connectivity index (χ0n) is 22.7. The van der Waals surface area contributed by atoms with E-state index in [1.54, 1.807) is 13.0 Å². The Kier molecular flexibility index (Phi) is 6.96. The number of halogens is 2. The predicted octanol–water partition coefficient (Wildman–Crippen LogP) is 4.96. The van der Waals surface area contributed by atoms with Crippen molar-refractivity contribution in [2.45, 2.75) is 25.7 Å². The maximum atomic E-state index is 14.0. The molecular formula is C31H23Br2NO9. The van der Waals surface area contributed by atoms with Crippen LogP contribution in [0.4, 0.5) is 5.69 Å². The summed E-state index contributed by atoms with van der Waals surface area (Å²) in [4.78, 5) is 67.1. The van der Waals surface area contributed by atoms with Gasteiger partial charge in [-0.2, -0.15) is 0 Å². The summed E-state index contributed by atoms with van der Waals surface area (Å²) in [6, 6.07) is 5.08. The van der Waals surface area contributed by atoms with Crippen LogP contribution in [0.2, 0.25) is 0 Å². The maximum absolute atomic E-state index is 14.0. The zero-order chi connectivity index (χ0) is 31.1. The third-order valence-corrected chi connectivity index (χ3v) is 10.9. The fourth-order valence-electron chi connectivity index (χ4n) is 6.81. The van der Waals surface area contributed by atoms with Gasteiger partial charge in [0.15, 0.2) is 23.1 Å². The van der Waals surface area contributed by atoms with Crippen molar-refractivity contribution in [3.63, 3.8) is 0 Å². The molecule has 3 N–H and O–H groups in total. The number of amides is 2. The molecule has 0 saturated carbocycles. The number of imide groups is 1. The number of ether oxygens (including phenoxy) is 1. The standard InChI is InChI=1S/C31H23Br2NO9/c1-11-7-20(36)24-18(27(11)37)9-16-13(22(24)17-10-21(43-2)28(38)26(33)25(17)32)5-6-15-23(16)30(40)34(29(15)39)12-3-4-14(31(41)42)19(35)8-12/h3-5,7-8,10,15-16,22-23,35,38H,6,9H2,1-2H3,(H,41,42). The van der Waals surface area contributed by atoms with E-state index in [2.05, 4.69) is 31.9 Å². The van der Waals surface area contributed by atoms with E-state index < -0.39 is 47.2 Å². The second kappa shape index (κ2) is 10.3. The van der Waals surface area contributed by atoms with Crippen LogP contribution in [0.1, 0.15) is 41.6 Å².